The number of hydrogen-bond donors (Lipinski definition) is 1. The highest BCUT2D eigenvalue weighted by Gasteiger charge is 2.40. The summed E-state index contributed by atoms with van der Waals surface area (Å²) < 4.78 is 1.82. The molecule has 17 heavy (non-hydrogen) atoms. The Hall–Kier alpha value is -1.62. The van der Waals surface area contributed by atoms with E-state index >= 15 is 0 Å². The van der Waals surface area contributed by atoms with Crippen molar-refractivity contribution in [3.63, 3.8) is 0 Å². The van der Waals surface area contributed by atoms with Crippen LogP contribution in [0.15, 0.2) is 18.5 Å². The van der Waals surface area contributed by atoms with Crippen molar-refractivity contribution >= 4 is 11.5 Å². The van der Waals surface area contributed by atoms with E-state index in [1.165, 1.54) is 0 Å². The maximum atomic E-state index is 10.1. The predicted molar refractivity (Wildman–Crippen MR) is 65.2 cm³/mol. The molecule has 0 atom stereocenters. The highest BCUT2D eigenvalue weighted by atomic mass is 16.3. The van der Waals surface area contributed by atoms with Crippen molar-refractivity contribution in [1.82, 2.24) is 14.6 Å². The van der Waals surface area contributed by atoms with Gasteiger partial charge >= 0.3 is 0 Å². The van der Waals surface area contributed by atoms with Gasteiger partial charge in [0.05, 0.1) is 5.60 Å². The van der Waals surface area contributed by atoms with Gasteiger partial charge in [0.2, 0.25) is 0 Å². The summed E-state index contributed by atoms with van der Waals surface area (Å²) in [6, 6.07) is 4.08. The number of aryl methyl sites for hydroxylation is 1. The standard InChI is InChI=1S/C12H16N4O/c1-3-12(17)6-15(7-12)11-5-9(2)4-10-13-8-14-16(10)11/h4-5,8,17H,3,6-7H2,1-2H3. The first-order valence-electron chi connectivity index (χ1n) is 5.89. The average Bonchev–Trinajstić information content (AvgIpc) is 2.71. The molecule has 0 aliphatic carbocycles. The smallest absolute Gasteiger partial charge is 0.157 e. The molecule has 90 valence electrons. The number of aromatic nitrogens is 3. The van der Waals surface area contributed by atoms with Crippen LogP contribution < -0.4 is 4.90 Å². The first-order chi connectivity index (χ1) is 8.11. The molecule has 0 aromatic carbocycles. The summed E-state index contributed by atoms with van der Waals surface area (Å²) in [7, 11) is 0. The first-order valence-corrected chi connectivity index (χ1v) is 5.89. The van der Waals surface area contributed by atoms with Crippen molar-refractivity contribution in [2.24, 2.45) is 0 Å². The molecule has 1 N–H and O–H groups in total. The predicted octanol–water partition coefficient (Wildman–Crippen LogP) is 0.999. The monoisotopic (exact) mass is 232 g/mol. The van der Waals surface area contributed by atoms with Crippen molar-refractivity contribution < 1.29 is 5.11 Å². The molecular weight excluding hydrogens is 216 g/mol. The van der Waals surface area contributed by atoms with Crippen molar-refractivity contribution in [1.29, 1.82) is 0 Å². The van der Waals surface area contributed by atoms with Gasteiger partial charge in [-0.2, -0.15) is 9.61 Å². The van der Waals surface area contributed by atoms with Gasteiger partial charge in [-0.3, -0.25) is 0 Å². The Balaban J connectivity index is 1.99. The summed E-state index contributed by atoms with van der Waals surface area (Å²) in [5, 5.41) is 14.3. The normalized spacial score (nSPS) is 18.4. The molecule has 2 aromatic heterocycles. The van der Waals surface area contributed by atoms with Crippen LogP contribution in [0.1, 0.15) is 18.9 Å². The molecule has 1 aliphatic heterocycles. The van der Waals surface area contributed by atoms with Gasteiger partial charge in [0.15, 0.2) is 5.65 Å². The van der Waals surface area contributed by atoms with Gasteiger partial charge in [0.25, 0.3) is 0 Å². The third-order valence-corrected chi connectivity index (χ3v) is 3.46. The molecule has 1 fully saturated rings. The van der Waals surface area contributed by atoms with Crippen LogP contribution >= 0.6 is 0 Å². The van der Waals surface area contributed by atoms with Crippen LogP contribution in [0.2, 0.25) is 0 Å². The molecule has 5 heteroatoms. The Morgan fingerprint density at radius 1 is 1.41 bits per heavy atom. The Labute approximate surface area is 99.7 Å². The molecule has 0 amide bonds. The Morgan fingerprint density at radius 2 is 2.18 bits per heavy atom. The van der Waals surface area contributed by atoms with Gasteiger partial charge in [-0.25, -0.2) is 4.98 Å². The molecule has 3 heterocycles. The fourth-order valence-electron chi connectivity index (χ4n) is 2.31. The Bertz CT molecular complexity index is 557. The van der Waals surface area contributed by atoms with Gasteiger partial charge in [0.1, 0.15) is 12.1 Å². The lowest BCUT2D eigenvalue weighted by Crippen LogP contribution is -2.62. The van der Waals surface area contributed by atoms with Crippen molar-refractivity contribution in [2.75, 3.05) is 18.0 Å². The number of nitrogens with zero attached hydrogens (tertiary/aromatic N) is 4. The Morgan fingerprint density at radius 3 is 2.88 bits per heavy atom. The van der Waals surface area contributed by atoms with Crippen LogP contribution in [0.5, 0.6) is 0 Å². The average molecular weight is 232 g/mol. The largest absolute Gasteiger partial charge is 0.386 e. The van der Waals surface area contributed by atoms with E-state index in [4.69, 9.17) is 0 Å². The summed E-state index contributed by atoms with van der Waals surface area (Å²) >= 11 is 0. The molecule has 1 aliphatic rings. The van der Waals surface area contributed by atoms with Crippen LogP contribution in [0.3, 0.4) is 0 Å². The quantitative estimate of drug-likeness (QED) is 0.839. The minimum absolute atomic E-state index is 0.531. The van der Waals surface area contributed by atoms with Crippen LogP contribution in [0.4, 0.5) is 5.82 Å². The van der Waals surface area contributed by atoms with E-state index in [2.05, 4.69) is 21.0 Å². The molecule has 0 spiro atoms. The maximum Gasteiger partial charge on any atom is 0.157 e. The van der Waals surface area contributed by atoms with Gasteiger partial charge < -0.3 is 10.0 Å². The van der Waals surface area contributed by atoms with E-state index in [0.717, 1.165) is 23.4 Å². The summed E-state index contributed by atoms with van der Waals surface area (Å²) in [5.41, 5.74) is 1.48. The molecular formula is C12H16N4O. The fraction of sp³-hybridized carbons (Fsp3) is 0.500. The first kappa shape index (κ1) is 10.5. The number of pyridine rings is 1. The zero-order chi connectivity index (χ0) is 12.0. The fourth-order valence-corrected chi connectivity index (χ4v) is 2.31. The van der Waals surface area contributed by atoms with E-state index in [9.17, 15) is 5.11 Å². The number of hydrogen-bond acceptors (Lipinski definition) is 4. The van der Waals surface area contributed by atoms with Gasteiger partial charge in [-0.15, -0.1) is 0 Å². The van der Waals surface area contributed by atoms with Gasteiger partial charge in [-0.05, 0) is 31.0 Å². The van der Waals surface area contributed by atoms with Gasteiger partial charge in [0, 0.05) is 13.1 Å². The molecule has 0 unspecified atom stereocenters. The van der Waals surface area contributed by atoms with Crippen LogP contribution in [0.25, 0.3) is 5.65 Å². The van der Waals surface area contributed by atoms with Crippen molar-refractivity contribution in [3.8, 4) is 0 Å². The Kier molecular flexibility index (Phi) is 2.13. The van der Waals surface area contributed by atoms with E-state index in [1.54, 1.807) is 6.33 Å². The second kappa shape index (κ2) is 3.43. The molecule has 3 rings (SSSR count). The van der Waals surface area contributed by atoms with E-state index < -0.39 is 5.60 Å². The third-order valence-electron chi connectivity index (χ3n) is 3.46. The number of anilines is 1. The van der Waals surface area contributed by atoms with Crippen molar-refractivity contribution in [3.05, 3.63) is 24.0 Å². The summed E-state index contributed by atoms with van der Waals surface area (Å²) in [6.45, 7) is 5.40. The maximum absolute atomic E-state index is 10.1. The lowest BCUT2D eigenvalue weighted by molar-refractivity contribution is 0.00784. The minimum Gasteiger partial charge on any atom is -0.386 e. The van der Waals surface area contributed by atoms with Crippen LogP contribution in [-0.4, -0.2) is 38.4 Å². The highest BCUT2D eigenvalue weighted by molar-refractivity contribution is 5.55. The van der Waals surface area contributed by atoms with E-state index in [1.807, 2.05) is 24.4 Å². The SMILES string of the molecule is CCC1(O)CN(c2cc(C)cc3ncnn23)C1. The lowest BCUT2D eigenvalue weighted by Gasteiger charge is -2.47. The van der Waals surface area contributed by atoms with Crippen LogP contribution in [-0.2, 0) is 0 Å². The number of fused-ring (bicyclic) bond motifs is 1. The molecule has 0 saturated carbocycles. The summed E-state index contributed by atoms with van der Waals surface area (Å²) in [5.74, 6) is 1.01. The zero-order valence-corrected chi connectivity index (χ0v) is 10.1. The molecule has 5 nitrogen and oxygen atoms in total. The molecule has 2 aromatic rings. The summed E-state index contributed by atoms with van der Waals surface area (Å²) in [4.78, 5) is 6.34. The minimum atomic E-state index is -0.531. The van der Waals surface area contributed by atoms with E-state index in [0.29, 0.717) is 13.1 Å². The number of rotatable bonds is 2. The number of aliphatic hydroxyl groups is 1. The van der Waals surface area contributed by atoms with Crippen LogP contribution in [0, 0.1) is 6.92 Å². The summed E-state index contributed by atoms with van der Waals surface area (Å²) in [6.07, 6.45) is 2.35. The third kappa shape index (κ3) is 1.58. The lowest BCUT2D eigenvalue weighted by atomic mass is 9.91. The second-order valence-electron chi connectivity index (χ2n) is 4.85. The molecule has 0 bridgehead atoms. The zero-order valence-electron chi connectivity index (χ0n) is 10.1. The van der Waals surface area contributed by atoms with Gasteiger partial charge in [-0.1, -0.05) is 6.92 Å². The van der Waals surface area contributed by atoms with Crippen molar-refractivity contribution in [2.45, 2.75) is 25.9 Å². The molecule has 0 radical (unpaired) electrons. The number of β-amino-alcohol motifs (C(OH)–C–C–N with tert-alkyl or cyclic N) is 1. The second-order valence-corrected chi connectivity index (χ2v) is 4.85. The molecule has 1 saturated heterocycles. The highest BCUT2D eigenvalue weighted by Crippen LogP contribution is 2.30. The topological polar surface area (TPSA) is 53.7 Å². The van der Waals surface area contributed by atoms with E-state index in [-0.39, 0.29) is 0 Å².